The molecule has 0 aliphatic heterocycles. The highest BCUT2D eigenvalue weighted by atomic mass is 16.5. The number of nitrogens with zero attached hydrogens (tertiary/aromatic N) is 2. The van der Waals surface area contributed by atoms with E-state index in [1.165, 1.54) is 21.7 Å². The lowest BCUT2D eigenvalue weighted by Crippen LogP contribution is -3.09. The Kier molecular flexibility index (Phi) is 7.43. The van der Waals surface area contributed by atoms with Gasteiger partial charge in [-0.3, -0.25) is 0 Å². The summed E-state index contributed by atoms with van der Waals surface area (Å²) in [4.78, 5) is 1.47. The minimum absolute atomic E-state index is 0.723. The van der Waals surface area contributed by atoms with Crippen molar-refractivity contribution in [3.63, 3.8) is 0 Å². The molecule has 0 fully saturated rings. The quantitative estimate of drug-likeness (QED) is 0.554. The summed E-state index contributed by atoms with van der Waals surface area (Å²) < 4.78 is 7.59. The van der Waals surface area contributed by atoms with E-state index in [1.54, 1.807) is 7.11 Å². The zero-order valence-electron chi connectivity index (χ0n) is 16.5. The van der Waals surface area contributed by atoms with Crippen molar-refractivity contribution in [2.24, 2.45) is 0 Å². The topological polar surface area (TPSA) is 42.4 Å². The van der Waals surface area contributed by atoms with Gasteiger partial charge in [-0.05, 0) is 29.8 Å². The number of aromatic nitrogens is 1. The molecule has 0 saturated heterocycles. The van der Waals surface area contributed by atoms with E-state index in [4.69, 9.17) is 4.74 Å². The Morgan fingerprint density at radius 1 is 0.964 bits per heavy atom. The zero-order valence-corrected chi connectivity index (χ0v) is 16.5. The summed E-state index contributed by atoms with van der Waals surface area (Å²) in [6, 6.07) is 25.1. The molecule has 4 heteroatoms. The average Bonchev–Trinajstić information content (AvgIpc) is 3.15. The molecule has 0 bridgehead atoms. The minimum atomic E-state index is 0.723. The van der Waals surface area contributed by atoms with Crippen LogP contribution in [0.3, 0.4) is 0 Å². The van der Waals surface area contributed by atoms with Crippen molar-refractivity contribution in [2.45, 2.75) is 26.1 Å². The van der Waals surface area contributed by atoms with E-state index in [-0.39, 0.29) is 0 Å². The van der Waals surface area contributed by atoms with Crippen LogP contribution in [0.4, 0.5) is 0 Å². The Bertz CT molecular complexity index is 895. The smallest absolute Gasteiger partial charge is 0.118 e. The Balaban J connectivity index is 1.72. The summed E-state index contributed by atoms with van der Waals surface area (Å²) in [5, 5.41) is 9.18. The predicted octanol–water partition coefficient (Wildman–Crippen LogP) is 3.03. The van der Waals surface area contributed by atoms with Crippen LogP contribution >= 0.6 is 0 Å². The number of quaternary nitrogens is 1. The standard InChI is InChI=1S/C24H27N3O/c1-28-15-7-13-26(18-23-11-5-10-22(16-23)17-25)20-24-12-6-14-27(24)19-21-8-3-2-4-9-21/h2-6,8-12,14,16H,7,13,15,18-20H2,1H3/p+1. The summed E-state index contributed by atoms with van der Waals surface area (Å²) in [6.07, 6.45) is 3.18. The first-order chi connectivity index (χ1) is 13.8. The Hall–Kier alpha value is -2.87. The third kappa shape index (κ3) is 5.82. The molecule has 2 aromatic carbocycles. The van der Waals surface area contributed by atoms with Crippen LogP contribution < -0.4 is 4.90 Å². The van der Waals surface area contributed by atoms with Gasteiger partial charge in [0.1, 0.15) is 13.1 Å². The summed E-state index contributed by atoms with van der Waals surface area (Å²) in [5.74, 6) is 0. The van der Waals surface area contributed by atoms with E-state index < -0.39 is 0 Å². The summed E-state index contributed by atoms with van der Waals surface area (Å²) in [6.45, 7) is 4.53. The fourth-order valence-electron chi connectivity index (χ4n) is 3.55. The molecule has 0 aliphatic rings. The van der Waals surface area contributed by atoms with Crippen molar-refractivity contribution < 1.29 is 9.64 Å². The van der Waals surface area contributed by atoms with Crippen LogP contribution in [0.2, 0.25) is 0 Å². The van der Waals surface area contributed by atoms with Gasteiger partial charge in [-0.2, -0.15) is 5.26 Å². The van der Waals surface area contributed by atoms with Crippen molar-refractivity contribution >= 4 is 0 Å². The van der Waals surface area contributed by atoms with E-state index in [0.717, 1.165) is 44.8 Å². The fraction of sp³-hybridized carbons (Fsp3) is 0.292. The number of benzene rings is 2. The first-order valence-electron chi connectivity index (χ1n) is 9.78. The summed E-state index contributed by atoms with van der Waals surface area (Å²) >= 11 is 0. The number of rotatable bonds is 10. The SMILES string of the molecule is COCCC[NH+](Cc1cccc(C#N)c1)Cc1cccn1Cc1ccccc1. The van der Waals surface area contributed by atoms with Gasteiger partial charge < -0.3 is 14.2 Å². The molecule has 4 nitrogen and oxygen atoms in total. The third-order valence-corrected chi connectivity index (χ3v) is 4.94. The number of hydrogen-bond acceptors (Lipinski definition) is 2. The molecule has 1 unspecified atom stereocenters. The molecule has 3 aromatic rings. The van der Waals surface area contributed by atoms with Gasteiger partial charge in [-0.1, -0.05) is 42.5 Å². The molecule has 1 heterocycles. The van der Waals surface area contributed by atoms with E-state index in [0.29, 0.717) is 0 Å². The molecule has 0 spiro atoms. The fourth-order valence-corrected chi connectivity index (χ4v) is 3.55. The van der Waals surface area contributed by atoms with E-state index >= 15 is 0 Å². The summed E-state index contributed by atoms with van der Waals surface area (Å²) in [7, 11) is 1.75. The molecule has 0 saturated carbocycles. The van der Waals surface area contributed by atoms with Crippen molar-refractivity contribution in [1.29, 1.82) is 5.26 Å². The summed E-state index contributed by atoms with van der Waals surface area (Å²) in [5.41, 5.74) is 4.56. The van der Waals surface area contributed by atoms with Gasteiger partial charge in [0.05, 0.1) is 30.5 Å². The lowest BCUT2D eigenvalue weighted by atomic mass is 10.1. The van der Waals surface area contributed by atoms with Crippen LogP contribution in [-0.4, -0.2) is 24.8 Å². The Morgan fingerprint density at radius 3 is 2.57 bits per heavy atom. The zero-order chi connectivity index (χ0) is 19.6. The van der Waals surface area contributed by atoms with E-state index in [1.807, 2.05) is 18.2 Å². The second-order valence-electron chi connectivity index (χ2n) is 7.13. The molecule has 1 atom stereocenters. The van der Waals surface area contributed by atoms with Gasteiger partial charge >= 0.3 is 0 Å². The maximum atomic E-state index is 9.18. The first kappa shape index (κ1) is 19.9. The normalized spacial score (nSPS) is 11.9. The maximum absolute atomic E-state index is 9.18. The van der Waals surface area contributed by atoms with Crippen LogP contribution in [0.25, 0.3) is 0 Å². The molecule has 1 aromatic heterocycles. The van der Waals surface area contributed by atoms with Crippen molar-refractivity contribution in [2.75, 3.05) is 20.3 Å². The van der Waals surface area contributed by atoms with Crippen LogP contribution in [0.1, 0.15) is 28.8 Å². The lowest BCUT2D eigenvalue weighted by molar-refractivity contribution is -0.928. The van der Waals surface area contributed by atoms with E-state index in [9.17, 15) is 5.26 Å². The average molecular weight is 375 g/mol. The molecule has 1 N–H and O–H groups in total. The highest BCUT2D eigenvalue weighted by molar-refractivity contribution is 5.32. The molecular formula is C24H28N3O+. The molecule has 0 radical (unpaired) electrons. The second kappa shape index (κ2) is 10.5. The number of nitrogens with one attached hydrogen (secondary N) is 1. The number of ether oxygens (including phenoxy) is 1. The highest BCUT2D eigenvalue weighted by Crippen LogP contribution is 2.08. The largest absolute Gasteiger partial charge is 0.384 e. The van der Waals surface area contributed by atoms with Crippen LogP contribution in [0, 0.1) is 11.3 Å². The number of methoxy groups -OCH3 is 1. The van der Waals surface area contributed by atoms with Gasteiger partial charge in [0, 0.05) is 31.8 Å². The van der Waals surface area contributed by atoms with Crippen molar-refractivity contribution in [3.8, 4) is 6.07 Å². The number of hydrogen-bond donors (Lipinski definition) is 1. The minimum Gasteiger partial charge on any atom is -0.384 e. The van der Waals surface area contributed by atoms with Crippen LogP contribution in [0.15, 0.2) is 72.9 Å². The van der Waals surface area contributed by atoms with Crippen LogP contribution in [-0.2, 0) is 24.4 Å². The number of nitriles is 1. The van der Waals surface area contributed by atoms with Crippen molar-refractivity contribution in [3.05, 3.63) is 95.3 Å². The highest BCUT2D eigenvalue weighted by Gasteiger charge is 2.14. The van der Waals surface area contributed by atoms with Crippen LogP contribution in [0.5, 0.6) is 0 Å². The molecular weight excluding hydrogens is 346 g/mol. The molecule has 0 aliphatic carbocycles. The lowest BCUT2D eigenvalue weighted by Gasteiger charge is -2.21. The molecule has 0 amide bonds. The van der Waals surface area contributed by atoms with Gasteiger partial charge in [-0.25, -0.2) is 0 Å². The molecule has 28 heavy (non-hydrogen) atoms. The van der Waals surface area contributed by atoms with Crippen molar-refractivity contribution in [1.82, 2.24) is 4.57 Å². The maximum Gasteiger partial charge on any atom is 0.118 e. The van der Waals surface area contributed by atoms with Gasteiger partial charge in [-0.15, -0.1) is 0 Å². The Morgan fingerprint density at radius 2 is 1.79 bits per heavy atom. The Labute approximate surface area is 167 Å². The van der Waals surface area contributed by atoms with Gasteiger partial charge in [0.15, 0.2) is 0 Å². The third-order valence-electron chi connectivity index (χ3n) is 4.94. The molecule has 3 rings (SSSR count). The molecule has 144 valence electrons. The second-order valence-corrected chi connectivity index (χ2v) is 7.13. The van der Waals surface area contributed by atoms with Gasteiger partial charge in [0.25, 0.3) is 0 Å². The predicted molar refractivity (Wildman–Crippen MR) is 111 cm³/mol. The van der Waals surface area contributed by atoms with E-state index in [2.05, 4.69) is 65.4 Å². The monoisotopic (exact) mass is 374 g/mol. The van der Waals surface area contributed by atoms with Gasteiger partial charge in [0.2, 0.25) is 0 Å². The first-order valence-corrected chi connectivity index (χ1v) is 9.78.